The van der Waals surface area contributed by atoms with E-state index in [1.54, 1.807) is 0 Å². The van der Waals surface area contributed by atoms with E-state index in [9.17, 15) is 0 Å². The van der Waals surface area contributed by atoms with Gasteiger partial charge in [-0.2, -0.15) is 5.10 Å². The normalized spacial score (nSPS) is 10.8. The van der Waals surface area contributed by atoms with Crippen LogP contribution in [0.3, 0.4) is 0 Å². The van der Waals surface area contributed by atoms with Crippen LogP contribution in [0.4, 0.5) is 5.69 Å². The van der Waals surface area contributed by atoms with Crippen LogP contribution in [-0.2, 0) is 0 Å². The Bertz CT molecular complexity index is 626. The quantitative estimate of drug-likeness (QED) is 0.626. The minimum atomic E-state index is 0.749. The van der Waals surface area contributed by atoms with Crippen molar-refractivity contribution in [2.24, 2.45) is 0 Å². The van der Waals surface area contributed by atoms with E-state index in [1.165, 1.54) is 0 Å². The molecule has 0 spiro atoms. The third kappa shape index (κ3) is 1.26. The van der Waals surface area contributed by atoms with Gasteiger partial charge in [0.1, 0.15) is 0 Å². The van der Waals surface area contributed by atoms with E-state index < -0.39 is 0 Å². The van der Waals surface area contributed by atoms with Crippen molar-refractivity contribution < 1.29 is 0 Å². The summed E-state index contributed by atoms with van der Waals surface area (Å²) in [5, 5.41) is 5.42. The van der Waals surface area contributed by atoms with E-state index in [0.717, 1.165) is 22.3 Å². The molecule has 1 aromatic heterocycles. The lowest BCUT2D eigenvalue weighted by molar-refractivity contribution is 0.912. The van der Waals surface area contributed by atoms with Gasteiger partial charge in [0.05, 0.1) is 23.1 Å². The molecule has 3 rings (SSSR count). The van der Waals surface area contributed by atoms with Crippen LogP contribution in [0.1, 0.15) is 0 Å². The Balaban J connectivity index is 2.33. The highest BCUT2D eigenvalue weighted by molar-refractivity contribution is 5.90. The average molecular weight is 209 g/mol. The first kappa shape index (κ1) is 8.97. The van der Waals surface area contributed by atoms with Crippen LogP contribution in [0.15, 0.2) is 54.7 Å². The van der Waals surface area contributed by atoms with Crippen LogP contribution in [-0.4, -0.2) is 9.78 Å². The smallest absolute Gasteiger partial charge is 0.0970 e. The molecule has 78 valence electrons. The highest BCUT2D eigenvalue weighted by atomic mass is 15.3. The molecule has 0 atom stereocenters. The molecule has 16 heavy (non-hydrogen) atoms. The molecule has 1 heterocycles. The number of rotatable bonds is 1. The molecular formula is C13H11N3. The van der Waals surface area contributed by atoms with Crippen LogP contribution in [0, 0.1) is 0 Å². The molecule has 0 saturated heterocycles. The number of anilines is 1. The van der Waals surface area contributed by atoms with Crippen LogP contribution >= 0.6 is 0 Å². The monoisotopic (exact) mass is 209 g/mol. The van der Waals surface area contributed by atoms with Crippen molar-refractivity contribution in [1.29, 1.82) is 0 Å². The van der Waals surface area contributed by atoms with Gasteiger partial charge in [-0.05, 0) is 18.2 Å². The minimum Gasteiger partial charge on any atom is -0.397 e. The standard InChI is InChI=1S/C13H11N3/c14-12-8-4-5-10-9-15-16(13(10)12)11-6-2-1-3-7-11/h1-9H,14H2. The third-order valence-corrected chi connectivity index (χ3v) is 2.62. The van der Waals surface area contributed by atoms with Gasteiger partial charge < -0.3 is 5.73 Å². The van der Waals surface area contributed by atoms with Gasteiger partial charge in [0, 0.05) is 5.39 Å². The van der Waals surface area contributed by atoms with Gasteiger partial charge in [-0.1, -0.05) is 30.3 Å². The summed E-state index contributed by atoms with van der Waals surface area (Å²) >= 11 is 0. The van der Waals surface area contributed by atoms with Crippen LogP contribution in [0.5, 0.6) is 0 Å². The SMILES string of the molecule is Nc1cccc2cnn(-c3ccccc3)c12. The molecule has 0 unspecified atom stereocenters. The molecule has 3 heteroatoms. The van der Waals surface area contributed by atoms with Crippen molar-refractivity contribution in [2.45, 2.75) is 0 Å². The molecule has 0 aliphatic heterocycles. The number of nitrogen functional groups attached to an aromatic ring is 1. The molecular weight excluding hydrogens is 198 g/mol. The molecule has 2 N–H and O–H groups in total. The van der Waals surface area contributed by atoms with Gasteiger partial charge >= 0.3 is 0 Å². The fraction of sp³-hybridized carbons (Fsp3) is 0. The topological polar surface area (TPSA) is 43.8 Å². The van der Waals surface area contributed by atoms with Crippen LogP contribution in [0.2, 0.25) is 0 Å². The summed E-state index contributed by atoms with van der Waals surface area (Å²) in [6.45, 7) is 0. The van der Waals surface area contributed by atoms with E-state index >= 15 is 0 Å². The van der Waals surface area contributed by atoms with E-state index in [0.29, 0.717) is 0 Å². The molecule has 0 bridgehead atoms. The number of hydrogen-bond acceptors (Lipinski definition) is 2. The third-order valence-electron chi connectivity index (χ3n) is 2.62. The molecule has 3 nitrogen and oxygen atoms in total. The Hall–Kier alpha value is -2.29. The second kappa shape index (κ2) is 3.38. The average Bonchev–Trinajstić information content (AvgIpc) is 2.75. The first-order valence-corrected chi connectivity index (χ1v) is 5.14. The Kier molecular flexibility index (Phi) is 1.90. The van der Waals surface area contributed by atoms with Crippen molar-refractivity contribution in [1.82, 2.24) is 9.78 Å². The van der Waals surface area contributed by atoms with Gasteiger partial charge in [0.2, 0.25) is 0 Å². The summed E-state index contributed by atoms with van der Waals surface area (Å²) in [5.41, 5.74) is 8.72. The lowest BCUT2D eigenvalue weighted by Gasteiger charge is -2.04. The number of para-hydroxylation sites is 2. The zero-order valence-electron chi connectivity index (χ0n) is 8.67. The number of nitrogens with two attached hydrogens (primary N) is 1. The first-order valence-electron chi connectivity index (χ1n) is 5.14. The predicted octanol–water partition coefficient (Wildman–Crippen LogP) is 2.61. The number of nitrogens with zero attached hydrogens (tertiary/aromatic N) is 2. The van der Waals surface area contributed by atoms with Crippen LogP contribution in [0.25, 0.3) is 16.6 Å². The molecule has 0 aliphatic carbocycles. The Morgan fingerprint density at radius 3 is 2.56 bits per heavy atom. The van der Waals surface area contributed by atoms with Crippen molar-refractivity contribution in [3.63, 3.8) is 0 Å². The maximum Gasteiger partial charge on any atom is 0.0970 e. The highest BCUT2D eigenvalue weighted by Gasteiger charge is 2.06. The lowest BCUT2D eigenvalue weighted by Crippen LogP contribution is -1.98. The first-order chi connectivity index (χ1) is 7.86. The Morgan fingerprint density at radius 2 is 1.75 bits per heavy atom. The molecule has 3 aromatic rings. The number of benzene rings is 2. The molecule has 0 radical (unpaired) electrons. The predicted molar refractivity (Wildman–Crippen MR) is 65.5 cm³/mol. The minimum absolute atomic E-state index is 0.749. The molecule has 0 amide bonds. The molecule has 0 fully saturated rings. The van der Waals surface area contributed by atoms with E-state index in [4.69, 9.17) is 5.73 Å². The number of aromatic nitrogens is 2. The fourth-order valence-corrected chi connectivity index (χ4v) is 1.87. The van der Waals surface area contributed by atoms with E-state index in [2.05, 4.69) is 5.10 Å². The fourth-order valence-electron chi connectivity index (χ4n) is 1.87. The van der Waals surface area contributed by atoms with Gasteiger partial charge in [-0.15, -0.1) is 0 Å². The summed E-state index contributed by atoms with van der Waals surface area (Å²) in [7, 11) is 0. The second-order valence-electron chi connectivity index (χ2n) is 3.68. The summed E-state index contributed by atoms with van der Waals surface area (Å²) in [6.07, 6.45) is 1.83. The highest BCUT2D eigenvalue weighted by Crippen LogP contribution is 2.23. The largest absolute Gasteiger partial charge is 0.397 e. The summed E-state index contributed by atoms with van der Waals surface area (Å²) in [4.78, 5) is 0. The van der Waals surface area contributed by atoms with Crippen molar-refractivity contribution in [3.8, 4) is 5.69 Å². The Labute approximate surface area is 93.1 Å². The lowest BCUT2D eigenvalue weighted by atomic mass is 10.2. The molecule has 2 aromatic carbocycles. The van der Waals surface area contributed by atoms with Gasteiger partial charge in [0.15, 0.2) is 0 Å². The zero-order chi connectivity index (χ0) is 11.0. The maximum atomic E-state index is 5.98. The number of hydrogen-bond donors (Lipinski definition) is 1. The molecule has 0 saturated carbocycles. The Morgan fingerprint density at radius 1 is 0.938 bits per heavy atom. The van der Waals surface area contributed by atoms with Gasteiger partial charge in [0.25, 0.3) is 0 Å². The van der Waals surface area contributed by atoms with Crippen molar-refractivity contribution in [3.05, 3.63) is 54.7 Å². The zero-order valence-corrected chi connectivity index (χ0v) is 8.67. The second-order valence-corrected chi connectivity index (χ2v) is 3.68. The van der Waals surface area contributed by atoms with Gasteiger partial charge in [-0.3, -0.25) is 0 Å². The summed E-state index contributed by atoms with van der Waals surface area (Å²) in [6, 6.07) is 15.8. The van der Waals surface area contributed by atoms with Gasteiger partial charge in [-0.25, -0.2) is 4.68 Å². The summed E-state index contributed by atoms with van der Waals surface area (Å²) < 4.78 is 1.87. The number of fused-ring (bicyclic) bond motifs is 1. The maximum absolute atomic E-state index is 5.98. The van der Waals surface area contributed by atoms with Crippen molar-refractivity contribution in [2.75, 3.05) is 5.73 Å². The summed E-state index contributed by atoms with van der Waals surface area (Å²) in [5.74, 6) is 0. The van der Waals surface area contributed by atoms with Crippen LogP contribution < -0.4 is 5.73 Å². The van der Waals surface area contributed by atoms with Crippen molar-refractivity contribution >= 4 is 16.6 Å². The molecule has 0 aliphatic rings. The van der Waals surface area contributed by atoms with E-state index in [1.807, 2.05) is 59.4 Å². The van der Waals surface area contributed by atoms with E-state index in [-0.39, 0.29) is 0 Å².